The molecule has 5 heteroatoms. The summed E-state index contributed by atoms with van der Waals surface area (Å²) in [4.78, 5) is 4.17. The molecule has 0 saturated carbocycles. The zero-order chi connectivity index (χ0) is 12.3. The number of hydrogen-bond acceptors (Lipinski definition) is 3. The summed E-state index contributed by atoms with van der Waals surface area (Å²) >= 11 is 4.91. The molecule has 0 aliphatic heterocycles. The van der Waals surface area contributed by atoms with E-state index in [1.807, 2.05) is 12.3 Å². The molecule has 0 aliphatic carbocycles. The van der Waals surface area contributed by atoms with Crippen LogP contribution in [0.3, 0.4) is 0 Å². The third kappa shape index (κ3) is 3.34. The molecule has 17 heavy (non-hydrogen) atoms. The predicted octanol–water partition coefficient (Wildman–Crippen LogP) is 3.90. The molecule has 2 rings (SSSR count). The van der Waals surface area contributed by atoms with Crippen molar-refractivity contribution in [2.75, 3.05) is 0 Å². The van der Waals surface area contributed by atoms with Gasteiger partial charge in [-0.2, -0.15) is 0 Å². The molecule has 1 heterocycles. The van der Waals surface area contributed by atoms with Crippen molar-refractivity contribution in [2.24, 2.45) is 0 Å². The molecule has 1 aromatic heterocycles. The van der Waals surface area contributed by atoms with Gasteiger partial charge in [-0.3, -0.25) is 0 Å². The third-order valence-electron chi connectivity index (χ3n) is 2.50. The van der Waals surface area contributed by atoms with E-state index in [4.69, 9.17) is 0 Å². The molecule has 0 unspecified atom stereocenters. The number of aromatic nitrogens is 1. The van der Waals surface area contributed by atoms with Crippen LogP contribution < -0.4 is 5.32 Å². The molecule has 1 aromatic carbocycles. The van der Waals surface area contributed by atoms with Gasteiger partial charge in [0.2, 0.25) is 0 Å². The van der Waals surface area contributed by atoms with E-state index in [1.165, 1.54) is 6.07 Å². The summed E-state index contributed by atoms with van der Waals surface area (Å²) in [6.07, 6.45) is 0. The van der Waals surface area contributed by atoms with Crippen molar-refractivity contribution in [1.82, 2.24) is 10.3 Å². The van der Waals surface area contributed by atoms with Gasteiger partial charge in [0.1, 0.15) is 5.82 Å². The van der Waals surface area contributed by atoms with E-state index >= 15 is 0 Å². The molecule has 2 aromatic rings. The van der Waals surface area contributed by atoms with E-state index in [0.29, 0.717) is 12.1 Å². The van der Waals surface area contributed by atoms with Gasteiger partial charge in [-0.15, -0.1) is 11.3 Å². The maximum atomic E-state index is 13.6. The summed E-state index contributed by atoms with van der Waals surface area (Å²) in [5, 5.41) is 5.24. The fourth-order valence-electron chi connectivity index (χ4n) is 1.54. The van der Waals surface area contributed by atoms with Gasteiger partial charge in [-0.1, -0.05) is 15.9 Å². The van der Waals surface area contributed by atoms with Crippen LogP contribution in [0.2, 0.25) is 0 Å². The highest BCUT2D eigenvalue weighted by Gasteiger charge is 2.11. The Bertz CT molecular complexity index is 487. The monoisotopic (exact) mass is 314 g/mol. The zero-order valence-corrected chi connectivity index (χ0v) is 11.7. The van der Waals surface area contributed by atoms with Crippen LogP contribution in [0.25, 0.3) is 0 Å². The lowest BCUT2D eigenvalue weighted by Gasteiger charge is -2.14. The van der Waals surface area contributed by atoms with Crippen LogP contribution in [-0.2, 0) is 6.54 Å². The van der Waals surface area contributed by atoms with Crippen LogP contribution in [0.1, 0.15) is 24.2 Å². The summed E-state index contributed by atoms with van der Waals surface area (Å²) in [7, 11) is 0. The molecular formula is C12H12BrFN2S. The lowest BCUT2D eigenvalue weighted by molar-refractivity contribution is 0.525. The van der Waals surface area contributed by atoms with Crippen LogP contribution in [-0.4, -0.2) is 4.98 Å². The molecule has 0 spiro atoms. The Morgan fingerprint density at radius 3 is 3.06 bits per heavy atom. The maximum absolute atomic E-state index is 13.6. The lowest BCUT2D eigenvalue weighted by atomic mass is 10.1. The predicted molar refractivity (Wildman–Crippen MR) is 71.5 cm³/mol. The fraction of sp³-hybridized carbons (Fsp3) is 0.250. The van der Waals surface area contributed by atoms with E-state index in [2.05, 4.69) is 26.2 Å². The van der Waals surface area contributed by atoms with Gasteiger partial charge in [0.15, 0.2) is 0 Å². The fourth-order valence-corrected chi connectivity index (χ4v) is 2.48. The molecular weight excluding hydrogens is 303 g/mol. The van der Waals surface area contributed by atoms with Gasteiger partial charge < -0.3 is 5.32 Å². The minimum atomic E-state index is -0.188. The second kappa shape index (κ2) is 5.71. The van der Waals surface area contributed by atoms with E-state index in [1.54, 1.807) is 29.0 Å². The molecule has 2 nitrogen and oxygen atoms in total. The Hall–Kier alpha value is -0.780. The normalized spacial score (nSPS) is 12.6. The average molecular weight is 315 g/mol. The molecule has 0 bridgehead atoms. The van der Waals surface area contributed by atoms with Crippen molar-refractivity contribution >= 4 is 27.3 Å². The van der Waals surface area contributed by atoms with E-state index in [-0.39, 0.29) is 11.9 Å². The van der Waals surface area contributed by atoms with Crippen LogP contribution in [0, 0.1) is 5.82 Å². The van der Waals surface area contributed by atoms with E-state index in [9.17, 15) is 4.39 Å². The summed E-state index contributed by atoms with van der Waals surface area (Å²) in [6, 6.07) is 4.93. The van der Waals surface area contributed by atoms with E-state index < -0.39 is 0 Å². The lowest BCUT2D eigenvalue weighted by Crippen LogP contribution is -2.19. The summed E-state index contributed by atoms with van der Waals surface area (Å²) in [5.74, 6) is -0.188. The number of benzene rings is 1. The highest BCUT2D eigenvalue weighted by molar-refractivity contribution is 9.10. The Balaban J connectivity index is 2.04. The SMILES string of the molecule is C[C@H](NCc1cscn1)c1cc(Br)ccc1F. The van der Waals surface area contributed by atoms with Crippen LogP contribution in [0.4, 0.5) is 4.39 Å². The highest BCUT2D eigenvalue weighted by Crippen LogP contribution is 2.21. The standard InChI is InChI=1S/C12H12BrFN2S/c1-8(15-5-10-6-17-7-16-10)11-4-9(13)2-3-12(11)14/h2-4,6-8,15H,5H2,1H3/t8-/m0/s1. The Morgan fingerprint density at radius 1 is 1.53 bits per heavy atom. The zero-order valence-electron chi connectivity index (χ0n) is 9.28. The molecule has 0 amide bonds. The first-order valence-electron chi connectivity index (χ1n) is 5.22. The molecule has 1 atom stereocenters. The minimum Gasteiger partial charge on any atom is -0.304 e. The van der Waals surface area contributed by atoms with Crippen molar-refractivity contribution in [1.29, 1.82) is 0 Å². The molecule has 0 radical (unpaired) electrons. The molecule has 0 saturated heterocycles. The first-order valence-corrected chi connectivity index (χ1v) is 6.96. The Labute approximate surface area is 112 Å². The van der Waals surface area contributed by atoms with Crippen molar-refractivity contribution in [3.63, 3.8) is 0 Å². The molecule has 0 aliphatic rings. The number of thiazole rings is 1. The number of hydrogen-bond donors (Lipinski definition) is 1. The number of nitrogens with one attached hydrogen (secondary N) is 1. The van der Waals surface area contributed by atoms with Crippen LogP contribution >= 0.6 is 27.3 Å². The quantitative estimate of drug-likeness (QED) is 0.926. The van der Waals surface area contributed by atoms with Crippen LogP contribution in [0.5, 0.6) is 0 Å². The summed E-state index contributed by atoms with van der Waals surface area (Å²) < 4.78 is 14.5. The highest BCUT2D eigenvalue weighted by atomic mass is 79.9. The Morgan fingerprint density at radius 2 is 2.35 bits per heavy atom. The van der Waals surface area contributed by atoms with Crippen molar-refractivity contribution < 1.29 is 4.39 Å². The number of halogens is 2. The first-order chi connectivity index (χ1) is 8.16. The topological polar surface area (TPSA) is 24.9 Å². The molecule has 0 fully saturated rings. The smallest absolute Gasteiger partial charge is 0.128 e. The van der Waals surface area contributed by atoms with Crippen molar-refractivity contribution in [3.8, 4) is 0 Å². The Kier molecular flexibility index (Phi) is 4.25. The van der Waals surface area contributed by atoms with E-state index in [0.717, 1.165) is 10.2 Å². The van der Waals surface area contributed by atoms with Crippen LogP contribution in [0.15, 0.2) is 33.6 Å². The van der Waals surface area contributed by atoms with Gasteiger partial charge in [-0.25, -0.2) is 9.37 Å². The molecule has 1 N–H and O–H groups in total. The summed E-state index contributed by atoms with van der Waals surface area (Å²) in [6.45, 7) is 2.59. The minimum absolute atomic E-state index is 0.0470. The largest absolute Gasteiger partial charge is 0.304 e. The van der Waals surface area contributed by atoms with Gasteiger partial charge in [0.05, 0.1) is 11.2 Å². The second-order valence-electron chi connectivity index (χ2n) is 3.75. The van der Waals surface area contributed by atoms with Gasteiger partial charge in [0.25, 0.3) is 0 Å². The average Bonchev–Trinajstić information content (AvgIpc) is 2.82. The maximum Gasteiger partial charge on any atom is 0.128 e. The number of rotatable bonds is 4. The third-order valence-corrected chi connectivity index (χ3v) is 3.63. The summed E-state index contributed by atoms with van der Waals surface area (Å²) in [5.41, 5.74) is 3.44. The van der Waals surface area contributed by atoms with Gasteiger partial charge in [-0.05, 0) is 25.1 Å². The number of nitrogens with zero attached hydrogens (tertiary/aromatic N) is 1. The second-order valence-corrected chi connectivity index (χ2v) is 5.38. The van der Waals surface area contributed by atoms with Crippen molar-refractivity contribution in [2.45, 2.75) is 19.5 Å². The van der Waals surface area contributed by atoms with Crippen molar-refractivity contribution in [3.05, 3.63) is 50.6 Å². The van der Waals surface area contributed by atoms with Gasteiger partial charge in [0, 0.05) is 28.0 Å². The van der Waals surface area contributed by atoms with Gasteiger partial charge >= 0.3 is 0 Å². The molecule has 90 valence electrons. The first kappa shape index (κ1) is 12.7.